The minimum atomic E-state index is -0.128. The molecule has 0 amide bonds. The maximum absolute atomic E-state index is 13.4. The fourth-order valence-corrected chi connectivity index (χ4v) is 1.73. The first-order valence-corrected chi connectivity index (χ1v) is 5.55. The molecule has 1 aromatic carbocycles. The number of likely N-dealkylation sites (N-methyl/N-ethyl adjacent to an activating group) is 2. The fourth-order valence-electron chi connectivity index (χ4n) is 1.73. The summed E-state index contributed by atoms with van der Waals surface area (Å²) >= 11 is 0. The number of benzene rings is 1. The zero-order valence-corrected chi connectivity index (χ0v) is 10.5. The van der Waals surface area contributed by atoms with E-state index in [-0.39, 0.29) is 11.4 Å². The highest BCUT2D eigenvalue weighted by atomic mass is 19.1. The second kappa shape index (κ2) is 5.41. The van der Waals surface area contributed by atoms with Crippen LogP contribution in [-0.4, -0.2) is 31.1 Å². The summed E-state index contributed by atoms with van der Waals surface area (Å²) in [5.74, 6) is -0.128. The van der Waals surface area contributed by atoms with Crippen molar-refractivity contribution in [2.75, 3.05) is 20.6 Å². The van der Waals surface area contributed by atoms with Crippen molar-refractivity contribution in [1.82, 2.24) is 10.2 Å². The molecule has 0 saturated heterocycles. The van der Waals surface area contributed by atoms with Crippen LogP contribution in [0.2, 0.25) is 0 Å². The minimum Gasteiger partial charge on any atom is -0.314 e. The lowest BCUT2D eigenvalue weighted by molar-refractivity contribution is 0.236. The lowest BCUT2D eigenvalue weighted by atomic mass is 10.1. The van der Waals surface area contributed by atoms with Gasteiger partial charge in [0.25, 0.3) is 0 Å². The predicted octanol–water partition coefficient (Wildman–Crippen LogP) is 2.26. The molecule has 0 aromatic heterocycles. The van der Waals surface area contributed by atoms with Gasteiger partial charge in [0.2, 0.25) is 0 Å². The van der Waals surface area contributed by atoms with Crippen LogP contribution in [0, 0.1) is 5.82 Å². The highest BCUT2D eigenvalue weighted by Crippen LogP contribution is 2.11. The van der Waals surface area contributed by atoms with Crippen molar-refractivity contribution in [3.8, 4) is 0 Å². The number of hydrogen-bond acceptors (Lipinski definition) is 2. The molecule has 0 heterocycles. The van der Waals surface area contributed by atoms with Crippen molar-refractivity contribution in [1.29, 1.82) is 0 Å². The Morgan fingerprint density at radius 2 is 1.94 bits per heavy atom. The summed E-state index contributed by atoms with van der Waals surface area (Å²) in [5.41, 5.74) is 0.789. The van der Waals surface area contributed by atoms with Crippen LogP contribution >= 0.6 is 0 Å². The number of hydrogen-bond donors (Lipinski definition) is 1. The highest BCUT2D eigenvalue weighted by Gasteiger charge is 2.17. The third-order valence-electron chi connectivity index (χ3n) is 2.74. The Bertz CT molecular complexity index is 336. The van der Waals surface area contributed by atoms with Gasteiger partial charge in [-0.1, -0.05) is 18.2 Å². The smallest absolute Gasteiger partial charge is 0.127 e. The predicted molar refractivity (Wildman–Crippen MR) is 65.9 cm³/mol. The van der Waals surface area contributed by atoms with Gasteiger partial charge in [0, 0.05) is 24.2 Å². The molecule has 1 rings (SSSR count). The topological polar surface area (TPSA) is 15.3 Å². The van der Waals surface area contributed by atoms with Gasteiger partial charge in [-0.25, -0.2) is 4.39 Å². The Balaban J connectivity index is 2.58. The molecule has 0 radical (unpaired) electrons. The summed E-state index contributed by atoms with van der Waals surface area (Å²) in [7, 11) is 3.95. The van der Waals surface area contributed by atoms with Crippen molar-refractivity contribution < 1.29 is 4.39 Å². The van der Waals surface area contributed by atoms with Crippen LogP contribution in [0.4, 0.5) is 4.39 Å². The first kappa shape index (κ1) is 13.1. The molecule has 0 aliphatic carbocycles. The maximum Gasteiger partial charge on any atom is 0.127 e. The molecule has 3 heteroatoms. The third kappa shape index (κ3) is 3.91. The number of nitrogens with zero attached hydrogens (tertiary/aromatic N) is 1. The molecule has 1 aromatic rings. The van der Waals surface area contributed by atoms with Crippen LogP contribution in [-0.2, 0) is 6.54 Å². The molecule has 0 atom stereocenters. The SMILES string of the molecule is CNC(C)(C)CN(C)Cc1ccccc1F. The van der Waals surface area contributed by atoms with Crippen molar-refractivity contribution in [2.45, 2.75) is 25.9 Å². The van der Waals surface area contributed by atoms with Gasteiger partial charge in [0.05, 0.1) is 0 Å². The van der Waals surface area contributed by atoms with E-state index in [0.29, 0.717) is 6.54 Å². The average Bonchev–Trinajstić information content (AvgIpc) is 2.21. The van der Waals surface area contributed by atoms with Gasteiger partial charge in [-0.2, -0.15) is 0 Å². The second-order valence-corrected chi connectivity index (χ2v) is 4.90. The summed E-state index contributed by atoms with van der Waals surface area (Å²) in [6, 6.07) is 6.93. The van der Waals surface area contributed by atoms with Gasteiger partial charge < -0.3 is 10.2 Å². The lowest BCUT2D eigenvalue weighted by Gasteiger charge is -2.30. The van der Waals surface area contributed by atoms with Gasteiger partial charge in [-0.3, -0.25) is 0 Å². The molecule has 0 spiro atoms. The summed E-state index contributed by atoms with van der Waals surface area (Å²) in [6.07, 6.45) is 0. The Morgan fingerprint density at radius 1 is 1.31 bits per heavy atom. The Labute approximate surface area is 97.5 Å². The van der Waals surface area contributed by atoms with Gasteiger partial charge in [-0.15, -0.1) is 0 Å². The average molecular weight is 224 g/mol. The molecule has 0 unspecified atom stereocenters. The molecular formula is C13H21FN2. The quantitative estimate of drug-likeness (QED) is 0.825. The monoisotopic (exact) mass is 224 g/mol. The van der Waals surface area contributed by atoms with Crippen LogP contribution in [0.1, 0.15) is 19.4 Å². The normalized spacial score (nSPS) is 12.1. The van der Waals surface area contributed by atoms with E-state index >= 15 is 0 Å². The largest absolute Gasteiger partial charge is 0.314 e. The van der Waals surface area contributed by atoms with Crippen LogP contribution in [0.25, 0.3) is 0 Å². The number of nitrogens with one attached hydrogen (secondary N) is 1. The van der Waals surface area contributed by atoms with E-state index in [2.05, 4.69) is 24.1 Å². The van der Waals surface area contributed by atoms with E-state index in [9.17, 15) is 4.39 Å². The van der Waals surface area contributed by atoms with E-state index in [1.165, 1.54) is 6.07 Å². The van der Waals surface area contributed by atoms with Gasteiger partial charge in [0.15, 0.2) is 0 Å². The second-order valence-electron chi connectivity index (χ2n) is 4.90. The maximum atomic E-state index is 13.4. The summed E-state index contributed by atoms with van der Waals surface area (Å²) in [6.45, 7) is 5.77. The van der Waals surface area contributed by atoms with Crippen LogP contribution in [0.3, 0.4) is 0 Å². The zero-order valence-electron chi connectivity index (χ0n) is 10.5. The fraction of sp³-hybridized carbons (Fsp3) is 0.538. The first-order valence-electron chi connectivity index (χ1n) is 5.55. The number of halogens is 1. The zero-order chi connectivity index (χ0) is 12.2. The van der Waals surface area contributed by atoms with Crippen molar-refractivity contribution >= 4 is 0 Å². The molecule has 0 fully saturated rings. The molecule has 16 heavy (non-hydrogen) atoms. The summed E-state index contributed by atoms with van der Waals surface area (Å²) < 4.78 is 13.4. The third-order valence-corrected chi connectivity index (χ3v) is 2.74. The summed E-state index contributed by atoms with van der Waals surface area (Å²) in [4.78, 5) is 2.12. The number of rotatable bonds is 5. The molecule has 0 aliphatic rings. The molecular weight excluding hydrogens is 203 g/mol. The Hall–Kier alpha value is -0.930. The molecule has 1 N–H and O–H groups in total. The van der Waals surface area contributed by atoms with E-state index in [1.54, 1.807) is 6.07 Å². The van der Waals surface area contributed by atoms with Crippen molar-refractivity contribution in [2.24, 2.45) is 0 Å². The first-order chi connectivity index (χ1) is 7.44. The molecule has 90 valence electrons. The Morgan fingerprint density at radius 3 is 2.50 bits per heavy atom. The molecule has 2 nitrogen and oxygen atoms in total. The highest BCUT2D eigenvalue weighted by molar-refractivity contribution is 5.17. The van der Waals surface area contributed by atoms with Gasteiger partial charge in [-0.05, 0) is 34.0 Å². The van der Waals surface area contributed by atoms with Gasteiger partial charge >= 0.3 is 0 Å². The van der Waals surface area contributed by atoms with E-state index in [4.69, 9.17) is 0 Å². The van der Waals surface area contributed by atoms with E-state index < -0.39 is 0 Å². The Kier molecular flexibility index (Phi) is 4.44. The molecule has 0 bridgehead atoms. The minimum absolute atomic E-state index is 0.0417. The molecule has 0 saturated carbocycles. The van der Waals surface area contributed by atoms with E-state index in [0.717, 1.165) is 12.1 Å². The summed E-state index contributed by atoms with van der Waals surface area (Å²) in [5, 5.41) is 3.24. The van der Waals surface area contributed by atoms with Gasteiger partial charge in [0.1, 0.15) is 5.82 Å². The van der Waals surface area contributed by atoms with Crippen LogP contribution in [0.15, 0.2) is 24.3 Å². The standard InChI is InChI=1S/C13H21FN2/c1-13(2,15-3)10-16(4)9-11-7-5-6-8-12(11)14/h5-8,15H,9-10H2,1-4H3. The van der Waals surface area contributed by atoms with Crippen molar-refractivity contribution in [3.05, 3.63) is 35.6 Å². The lowest BCUT2D eigenvalue weighted by Crippen LogP contribution is -2.46. The van der Waals surface area contributed by atoms with Crippen molar-refractivity contribution in [3.63, 3.8) is 0 Å². The van der Waals surface area contributed by atoms with Crippen LogP contribution < -0.4 is 5.32 Å². The molecule has 0 aliphatic heterocycles. The van der Waals surface area contributed by atoms with Crippen LogP contribution in [0.5, 0.6) is 0 Å². The van der Waals surface area contributed by atoms with E-state index in [1.807, 2.05) is 26.2 Å².